The summed E-state index contributed by atoms with van der Waals surface area (Å²) < 4.78 is 0. The fourth-order valence-electron chi connectivity index (χ4n) is 2.54. The largest absolute Gasteiger partial charge is 0.334 e. The van der Waals surface area contributed by atoms with E-state index in [0.717, 1.165) is 0 Å². The average molecular weight is 372 g/mol. The highest BCUT2D eigenvalue weighted by atomic mass is 35.5. The van der Waals surface area contributed by atoms with Gasteiger partial charge in [-0.1, -0.05) is 23.4 Å². The molecule has 0 N–H and O–H groups in total. The van der Waals surface area contributed by atoms with Gasteiger partial charge in [-0.25, -0.2) is 14.8 Å². The molecule has 0 unspecified atom stereocenters. The number of urea groups is 1. The second-order valence-corrected chi connectivity index (χ2v) is 6.47. The zero-order valence-corrected chi connectivity index (χ0v) is 15.7. The number of halogens is 1. The number of carbonyl (C=O) groups excluding carboxylic acids is 2. The van der Waals surface area contributed by atoms with Crippen LogP contribution >= 0.6 is 23.4 Å². The summed E-state index contributed by atoms with van der Waals surface area (Å²) in [7, 11) is 0. The lowest BCUT2D eigenvalue weighted by Crippen LogP contribution is -2.54. The fraction of sp³-hybridized carbons (Fsp3) is 0.600. The van der Waals surface area contributed by atoms with Crippen LogP contribution in [0.15, 0.2) is 11.4 Å². The molecule has 0 saturated carbocycles. The van der Waals surface area contributed by atoms with Crippen molar-refractivity contribution in [3.05, 3.63) is 16.9 Å². The molecule has 9 heteroatoms. The van der Waals surface area contributed by atoms with Gasteiger partial charge in [-0.3, -0.25) is 4.79 Å². The first-order valence-corrected chi connectivity index (χ1v) is 9.51. The molecule has 132 valence electrons. The maximum Gasteiger partial charge on any atom is 0.320 e. The number of nitrogens with zero attached hydrogens (tertiary/aromatic N) is 5. The maximum absolute atomic E-state index is 12.6. The van der Waals surface area contributed by atoms with Gasteiger partial charge in [0.1, 0.15) is 0 Å². The Bertz CT molecular complexity index is 604. The molecule has 3 amide bonds. The third-order valence-electron chi connectivity index (χ3n) is 3.98. The van der Waals surface area contributed by atoms with E-state index in [1.165, 1.54) is 18.0 Å². The van der Waals surface area contributed by atoms with Crippen LogP contribution in [0.3, 0.4) is 0 Å². The molecule has 1 aromatic rings. The normalized spacial score (nSPS) is 14.7. The van der Waals surface area contributed by atoms with E-state index < -0.39 is 0 Å². The number of hydrogen-bond donors (Lipinski definition) is 0. The van der Waals surface area contributed by atoms with Crippen LogP contribution in [0.5, 0.6) is 0 Å². The fourth-order valence-corrected chi connectivity index (χ4v) is 3.06. The standard InChI is InChI=1S/C15H22ClN5O2S/c1-4-19(5-2)15(23)21-8-6-20(7-9-21)13(22)12-11(16)10-17-14(18-12)24-3/h10H,4-9H2,1-3H3. The molecule has 0 aromatic carbocycles. The van der Waals surface area contributed by atoms with Gasteiger partial charge in [0.2, 0.25) is 0 Å². The molecule has 0 radical (unpaired) electrons. The van der Waals surface area contributed by atoms with Gasteiger partial charge in [-0.15, -0.1) is 0 Å². The SMILES string of the molecule is CCN(CC)C(=O)N1CCN(C(=O)c2nc(SC)ncc2Cl)CC1. The van der Waals surface area contributed by atoms with Gasteiger partial charge in [0.15, 0.2) is 10.9 Å². The first-order chi connectivity index (χ1) is 11.5. The molecule has 1 aliphatic rings. The summed E-state index contributed by atoms with van der Waals surface area (Å²) in [5, 5.41) is 0.762. The zero-order valence-electron chi connectivity index (χ0n) is 14.2. The van der Waals surface area contributed by atoms with E-state index in [4.69, 9.17) is 11.6 Å². The number of hydrogen-bond acceptors (Lipinski definition) is 5. The summed E-state index contributed by atoms with van der Waals surface area (Å²) >= 11 is 7.43. The average Bonchev–Trinajstić information content (AvgIpc) is 2.62. The molecule has 1 fully saturated rings. The molecule has 2 rings (SSSR count). The zero-order chi connectivity index (χ0) is 17.7. The first kappa shape index (κ1) is 18.8. The summed E-state index contributed by atoms with van der Waals surface area (Å²) in [6.45, 7) is 7.26. The van der Waals surface area contributed by atoms with Gasteiger partial charge >= 0.3 is 6.03 Å². The van der Waals surface area contributed by atoms with Crippen LogP contribution in [0.2, 0.25) is 5.02 Å². The van der Waals surface area contributed by atoms with E-state index in [9.17, 15) is 9.59 Å². The van der Waals surface area contributed by atoms with Gasteiger partial charge in [-0.05, 0) is 20.1 Å². The molecule has 1 aliphatic heterocycles. The molecule has 0 bridgehead atoms. The minimum atomic E-state index is -0.215. The van der Waals surface area contributed by atoms with Crippen molar-refractivity contribution in [2.75, 3.05) is 45.5 Å². The Kier molecular flexibility index (Phi) is 6.68. The molecular weight excluding hydrogens is 350 g/mol. The third-order valence-corrected chi connectivity index (χ3v) is 4.82. The lowest BCUT2D eigenvalue weighted by atomic mass is 10.2. The van der Waals surface area contributed by atoms with E-state index in [0.29, 0.717) is 44.4 Å². The molecule has 0 spiro atoms. The van der Waals surface area contributed by atoms with Crippen LogP contribution in [0.4, 0.5) is 4.79 Å². The van der Waals surface area contributed by atoms with Gasteiger partial charge in [-0.2, -0.15) is 0 Å². The van der Waals surface area contributed by atoms with E-state index >= 15 is 0 Å². The Morgan fingerprint density at radius 2 is 1.79 bits per heavy atom. The van der Waals surface area contributed by atoms with Crippen LogP contribution < -0.4 is 0 Å². The number of thioether (sulfide) groups is 1. The molecule has 24 heavy (non-hydrogen) atoms. The highest BCUT2D eigenvalue weighted by Gasteiger charge is 2.28. The lowest BCUT2D eigenvalue weighted by molar-refractivity contribution is 0.0635. The summed E-state index contributed by atoms with van der Waals surface area (Å²) in [4.78, 5) is 38.5. The Hall–Kier alpha value is -1.54. The first-order valence-electron chi connectivity index (χ1n) is 7.91. The van der Waals surface area contributed by atoms with Crippen LogP contribution in [-0.4, -0.2) is 82.1 Å². The van der Waals surface area contributed by atoms with Gasteiger partial charge < -0.3 is 14.7 Å². The van der Waals surface area contributed by atoms with Crippen molar-refractivity contribution < 1.29 is 9.59 Å². The minimum Gasteiger partial charge on any atom is -0.334 e. The van der Waals surface area contributed by atoms with Crippen molar-refractivity contribution >= 4 is 35.3 Å². The molecule has 7 nitrogen and oxygen atoms in total. The number of piperazine rings is 1. The van der Waals surface area contributed by atoms with Crippen LogP contribution in [0.1, 0.15) is 24.3 Å². The van der Waals surface area contributed by atoms with Crippen LogP contribution in [-0.2, 0) is 0 Å². The smallest absolute Gasteiger partial charge is 0.320 e. The minimum absolute atomic E-state index is 0.0248. The quantitative estimate of drug-likeness (QED) is 0.598. The van der Waals surface area contributed by atoms with Crippen molar-refractivity contribution in [2.45, 2.75) is 19.0 Å². The van der Waals surface area contributed by atoms with Crippen LogP contribution in [0.25, 0.3) is 0 Å². The molecule has 1 saturated heterocycles. The van der Waals surface area contributed by atoms with Crippen molar-refractivity contribution in [3.8, 4) is 0 Å². The summed E-state index contributed by atoms with van der Waals surface area (Å²) in [5.41, 5.74) is 0.222. The monoisotopic (exact) mass is 371 g/mol. The van der Waals surface area contributed by atoms with Crippen molar-refractivity contribution in [2.24, 2.45) is 0 Å². The van der Waals surface area contributed by atoms with Crippen LogP contribution in [0, 0.1) is 0 Å². The van der Waals surface area contributed by atoms with E-state index in [1.54, 1.807) is 14.7 Å². The van der Waals surface area contributed by atoms with E-state index in [-0.39, 0.29) is 22.7 Å². The lowest BCUT2D eigenvalue weighted by Gasteiger charge is -2.37. The maximum atomic E-state index is 12.6. The predicted octanol–water partition coefficient (Wildman–Crippen LogP) is 2.07. The number of aromatic nitrogens is 2. The van der Waals surface area contributed by atoms with Gasteiger partial charge in [0.25, 0.3) is 5.91 Å². The molecule has 2 heterocycles. The Morgan fingerprint density at radius 3 is 2.33 bits per heavy atom. The van der Waals surface area contributed by atoms with Crippen molar-refractivity contribution in [1.29, 1.82) is 0 Å². The van der Waals surface area contributed by atoms with Gasteiger partial charge in [0, 0.05) is 39.3 Å². The Labute approximate surface area is 151 Å². The third kappa shape index (κ3) is 4.10. The predicted molar refractivity (Wildman–Crippen MR) is 94.6 cm³/mol. The highest BCUT2D eigenvalue weighted by Crippen LogP contribution is 2.19. The molecule has 0 aliphatic carbocycles. The highest BCUT2D eigenvalue weighted by molar-refractivity contribution is 7.98. The molecular formula is C15H22ClN5O2S. The second-order valence-electron chi connectivity index (χ2n) is 5.29. The number of rotatable bonds is 4. The van der Waals surface area contributed by atoms with Gasteiger partial charge in [0.05, 0.1) is 11.2 Å². The van der Waals surface area contributed by atoms with E-state index in [1.807, 2.05) is 20.1 Å². The summed E-state index contributed by atoms with van der Waals surface area (Å²) in [5.74, 6) is -0.215. The molecule has 1 aromatic heterocycles. The number of carbonyl (C=O) groups is 2. The summed E-state index contributed by atoms with van der Waals surface area (Å²) in [6, 6.07) is 0.0248. The topological polar surface area (TPSA) is 69.6 Å². The van der Waals surface area contributed by atoms with Crippen molar-refractivity contribution in [1.82, 2.24) is 24.7 Å². The van der Waals surface area contributed by atoms with Crippen molar-refractivity contribution in [3.63, 3.8) is 0 Å². The Morgan fingerprint density at radius 1 is 1.21 bits per heavy atom. The summed E-state index contributed by atoms with van der Waals surface area (Å²) in [6.07, 6.45) is 3.29. The number of amides is 3. The molecule has 0 atom stereocenters. The van der Waals surface area contributed by atoms with E-state index in [2.05, 4.69) is 9.97 Å². The Balaban J connectivity index is 2.02. The second kappa shape index (κ2) is 8.53.